The van der Waals surface area contributed by atoms with Gasteiger partial charge in [0.15, 0.2) is 11.5 Å². The SMILES string of the molecule is COc1cc(CN(C)C(=O)c2ccc(=O)n(CCOc3ccccc3)n2)ccc1OC(F)F. The third-order valence-corrected chi connectivity index (χ3v) is 4.61. The molecule has 174 valence electrons. The van der Waals surface area contributed by atoms with Crippen LogP contribution in [0.15, 0.2) is 65.5 Å². The van der Waals surface area contributed by atoms with E-state index >= 15 is 0 Å². The number of alkyl halides is 2. The van der Waals surface area contributed by atoms with Crippen molar-refractivity contribution >= 4 is 5.91 Å². The number of amides is 1. The monoisotopic (exact) mass is 459 g/mol. The molecule has 3 rings (SSSR count). The first-order valence-corrected chi connectivity index (χ1v) is 10.0. The van der Waals surface area contributed by atoms with Crippen LogP contribution in [0, 0.1) is 0 Å². The highest BCUT2D eigenvalue weighted by molar-refractivity contribution is 5.91. The maximum absolute atomic E-state index is 12.8. The second kappa shape index (κ2) is 11.1. The summed E-state index contributed by atoms with van der Waals surface area (Å²) in [5.74, 6) is 0.271. The smallest absolute Gasteiger partial charge is 0.387 e. The second-order valence-corrected chi connectivity index (χ2v) is 6.97. The zero-order valence-corrected chi connectivity index (χ0v) is 18.1. The van der Waals surface area contributed by atoms with E-state index in [2.05, 4.69) is 9.84 Å². The van der Waals surface area contributed by atoms with Crippen molar-refractivity contribution in [3.63, 3.8) is 0 Å². The molecule has 0 fully saturated rings. The van der Waals surface area contributed by atoms with Crippen molar-refractivity contribution in [1.82, 2.24) is 14.7 Å². The first kappa shape index (κ1) is 23.7. The van der Waals surface area contributed by atoms with Gasteiger partial charge in [-0.1, -0.05) is 24.3 Å². The molecule has 1 amide bonds. The summed E-state index contributed by atoms with van der Waals surface area (Å²) >= 11 is 0. The fourth-order valence-corrected chi connectivity index (χ4v) is 3.03. The molecule has 0 N–H and O–H groups in total. The van der Waals surface area contributed by atoms with E-state index in [-0.39, 0.29) is 42.4 Å². The molecule has 1 heterocycles. The van der Waals surface area contributed by atoms with Gasteiger partial charge in [-0.15, -0.1) is 0 Å². The summed E-state index contributed by atoms with van der Waals surface area (Å²) in [6, 6.07) is 16.2. The molecular weight excluding hydrogens is 436 g/mol. The molecule has 1 aromatic heterocycles. The van der Waals surface area contributed by atoms with Crippen molar-refractivity contribution in [2.75, 3.05) is 20.8 Å². The van der Waals surface area contributed by atoms with Gasteiger partial charge in [0.25, 0.3) is 11.5 Å². The molecule has 33 heavy (non-hydrogen) atoms. The fraction of sp³-hybridized carbons (Fsp3) is 0.261. The molecule has 0 spiro atoms. The lowest BCUT2D eigenvalue weighted by Gasteiger charge is -2.18. The van der Waals surface area contributed by atoms with Gasteiger partial charge in [-0.2, -0.15) is 13.9 Å². The van der Waals surface area contributed by atoms with E-state index in [0.29, 0.717) is 11.3 Å². The summed E-state index contributed by atoms with van der Waals surface area (Å²) in [5, 5.41) is 4.15. The van der Waals surface area contributed by atoms with Crippen molar-refractivity contribution in [1.29, 1.82) is 0 Å². The molecule has 0 radical (unpaired) electrons. The number of rotatable bonds is 10. The number of carbonyl (C=O) groups excluding carboxylic acids is 1. The van der Waals surface area contributed by atoms with Crippen LogP contribution in [-0.4, -0.2) is 48.0 Å². The maximum atomic E-state index is 12.8. The Bertz CT molecular complexity index is 1140. The Morgan fingerprint density at radius 2 is 1.85 bits per heavy atom. The molecule has 10 heteroatoms. The Hall–Kier alpha value is -3.95. The molecule has 3 aromatic rings. The van der Waals surface area contributed by atoms with Crippen LogP contribution in [0.3, 0.4) is 0 Å². The van der Waals surface area contributed by atoms with E-state index in [1.807, 2.05) is 18.2 Å². The number of benzene rings is 2. The van der Waals surface area contributed by atoms with E-state index in [4.69, 9.17) is 9.47 Å². The molecule has 0 unspecified atom stereocenters. The minimum atomic E-state index is -2.98. The van der Waals surface area contributed by atoms with Crippen LogP contribution in [-0.2, 0) is 13.1 Å². The fourth-order valence-electron chi connectivity index (χ4n) is 3.03. The number of para-hydroxylation sites is 1. The zero-order valence-electron chi connectivity index (χ0n) is 18.1. The number of carbonyl (C=O) groups is 1. The molecule has 0 saturated carbocycles. The van der Waals surface area contributed by atoms with Crippen molar-refractivity contribution in [2.45, 2.75) is 19.7 Å². The van der Waals surface area contributed by atoms with Gasteiger partial charge in [0.05, 0.1) is 13.7 Å². The Morgan fingerprint density at radius 1 is 1.09 bits per heavy atom. The molecule has 2 aromatic carbocycles. The van der Waals surface area contributed by atoms with Gasteiger partial charge in [-0.3, -0.25) is 9.59 Å². The Balaban J connectivity index is 1.66. The lowest BCUT2D eigenvalue weighted by atomic mass is 10.2. The third kappa shape index (κ3) is 6.52. The van der Waals surface area contributed by atoms with E-state index in [1.165, 1.54) is 41.0 Å². The van der Waals surface area contributed by atoms with Crippen molar-refractivity contribution in [3.05, 3.63) is 82.3 Å². The molecule has 0 atom stereocenters. The summed E-state index contributed by atoms with van der Waals surface area (Å²) in [6.07, 6.45) is 0. The lowest BCUT2D eigenvalue weighted by Crippen LogP contribution is -2.31. The zero-order chi connectivity index (χ0) is 23.8. The molecule has 0 saturated heterocycles. The molecule has 0 aliphatic carbocycles. The number of hydrogen-bond donors (Lipinski definition) is 0. The average molecular weight is 459 g/mol. The van der Waals surface area contributed by atoms with E-state index in [9.17, 15) is 18.4 Å². The summed E-state index contributed by atoms with van der Waals surface area (Å²) in [6.45, 7) is -2.45. The summed E-state index contributed by atoms with van der Waals surface area (Å²) in [5.41, 5.74) is 0.362. The van der Waals surface area contributed by atoms with Gasteiger partial charge in [-0.25, -0.2) is 4.68 Å². The summed E-state index contributed by atoms with van der Waals surface area (Å²) in [4.78, 5) is 26.3. The van der Waals surface area contributed by atoms with Crippen molar-refractivity contribution in [3.8, 4) is 17.2 Å². The molecule has 8 nitrogen and oxygen atoms in total. The van der Waals surface area contributed by atoms with Crippen molar-refractivity contribution < 1.29 is 27.8 Å². The van der Waals surface area contributed by atoms with Crippen LogP contribution in [0.4, 0.5) is 8.78 Å². The van der Waals surface area contributed by atoms with Gasteiger partial charge in [-0.05, 0) is 35.9 Å². The van der Waals surface area contributed by atoms with Gasteiger partial charge >= 0.3 is 6.61 Å². The number of methoxy groups -OCH3 is 1. The quantitative estimate of drug-likeness (QED) is 0.463. The number of ether oxygens (including phenoxy) is 3. The van der Waals surface area contributed by atoms with Crippen LogP contribution in [0.1, 0.15) is 16.1 Å². The maximum Gasteiger partial charge on any atom is 0.387 e. The average Bonchev–Trinajstić information content (AvgIpc) is 2.81. The topological polar surface area (TPSA) is 82.9 Å². The first-order valence-electron chi connectivity index (χ1n) is 10.0. The third-order valence-electron chi connectivity index (χ3n) is 4.61. The summed E-state index contributed by atoms with van der Waals surface area (Å²) < 4.78 is 41.2. The minimum absolute atomic E-state index is 0.0847. The van der Waals surface area contributed by atoms with Gasteiger partial charge < -0.3 is 19.1 Å². The van der Waals surface area contributed by atoms with Gasteiger partial charge in [0.1, 0.15) is 18.1 Å². The summed E-state index contributed by atoms with van der Waals surface area (Å²) in [7, 11) is 2.90. The van der Waals surface area contributed by atoms with E-state index < -0.39 is 12.5 Å². The van der Waals surface area contributed by atoms with E-state index in [0.717, 1.165) is 0 Å². The molecular formula is C23H23F2N3O5. The first-order chi connectivity index (χ1) is 15.9. The highest BCUT2D eigenvalue weighted by Gasteiger charge is 2.17. The molecule has 0 aliphatic rings. The molecule has 0 bridgehead atoms. The highest BCUT2D eigenvalue weighted by Crippen LogP contribution is 2.29. The van der Waals surface area contributed by atoms with Crippen LogP contribution in [0.25, 0.3) is 0 Å². The normalized spacial score (nSPS) is 10.7. The number of halogens is 2. The van der Waals surface area contributed by atoms with Crippen molar-refractivity contribution in [2.24, 2.45) is 0 Å². The number of aromatic nitrogens is 2. The minimum Gasteiger partial charge on any atom is -0.493 e. The predicted molar refractivity (Wildman–Crippen MR) is 116 cm³/mol. The number of nitrogens with zero attached hydrogens (tertiary/aromatic N) is 3. The van der Waals surface area contributed by atoms with Gasteiger partial charge in [0.2, 0.25) is 0 Å². The second-order valence-electron chi connectivity index (χ2n) is 6.97. The van der Waals surface area contributed by atoms with Crippen LogP contribution >= 0.6 is 0 Å². The van der Waals surface area contributed by atoms with E-state index in [1.54, 1.807) is 25.2 Å². The van der Waals surface area contributed by atoms with Crippen LogP contribution in [0.2, 0.25) is 0 Å². The van der Waals surface area contributed by atoms with Crippen LogP contribution in [0.5, 0.6) is 17.2 Å². The lowest BCUT2D eigenvalue weighted by molar-refractivity contribution is -0.0512. The standard InChI is InChI=1S/C23H23F2N3O5/c1-27(15-16-8-10-19(33-23(24)25)20(14-16)31-2)22(30)18-9-11-21(29)28(26-18)12-13-32-17-6-4-3-5-7-17/h3-11,14,23H,12-13,15H2,1-2H3. The van der Waals surface area contributed by atoms with Crippen LogP contribution < -0.4 is 19.8 Å². The Kier molecular flexibility index (Phi) is 7.96. The predicted octanol–water partition coefficient (Wildman–Crippen LogP) is 3.20. The Morgan fingerprint density at radius 3 is 2.55 bits per heavy atom. The number of hydrogen-bond acceptors (Lipinski definition) is 6. The molecule has 0 aliphatic heterocycles. The largest absolute Gasteiger partial charge is 0.493 e. The highest BCUT2D eigenvalue weighted by atomic mass is 19.3. The van der Waals surface area contributed by atoms with Gasteiger partial charge in [0, 0.05) is 19.7 Å². The Labute approximate surface area is 188 Å².